The van der Waals surface area contributed by atoms with E-state index >= 15 is 0 Å². The fourth-order valence-electron chi connectivity index (χ4n) is 3.90. The van der Waals surface area contributed by atoms with E-state index in [-0.39, 0.29) is 29.6 Å². The summed E-state index contributed by atoms with van der Waals surface area (Å²) in [6.07, 6.45) is 5.35. The summed E-state index contributed by atoms with van der Waals surface area (Å²) >= 11 is 6.04. The molecule has 6 nitrogen and oxygen atoms in total. The Kier molecular flexibility index (Phi) is 6.08. The second-order valence-electron chi connectivity index (χ2n) is 7.68. The Balaban J connectivity index is 1.88. The maximum Gasteiger partial charge on any atom is 0.247 e. The van der Waals surface area contributed by atoms with Crippen LogP contribution < -0.4 is 10.1 Å². The van der Waals surface area contributed by atoms with Gasteiger partial charge in [0.25, 0.3) is 0 Å². The molecule has 150 valence electrons. The van der Waals surface area contributed by atoms with Crippen molar-refractivity contribution in [2.24, 2.45) is 17.8 Å². The summed E-state index contributed by atoms with van der Waals surface area (Å²) in [7, 11) is 1.50. The largest absolute Gasteiger partial charge is 0.495 e. The van der Waals surface area contributed by atoms with Gasteiger partial charge in [0.1, 0.15) is 11.8 Å². The highest BCUT2D eigenvalue weighted by molar-refractivity contribution is 6.31. The van der Waals surface area contributed by atoms with Crippen molar-refractivity contribution in [2.45, 2.75) is 39.2 Å². The first kappa shape index (κ1) is 20.4. The average molecular weight is 405 g/mol. The van der Waals surface area contributed by atoms with Crippen LogP contribution in [0.3, 0.4) is 0 Å². The van der Waals surface area contributed by atoms with Gasteiger partial charge in [0.15, 0.2) is 0 Å². The molecule has 0 saturated carbocycles. The monoisotopic (exact) mass is 404 g/mol. The molecule has 0 bridgehead atoms. The molecule has 1 aliphatic heterocycles. The van der Waals surface area contributed by atoms with Gasteiger partial charge in [-0.05, 0) is 43.4 Å². The van der Waals surface area contributed by atoms with E-state index in [0.717, 1.165) is 0 Å². The van der Waals surface area contributed by atoms with Crippen LogP contribution in [0, 0.1) is 17.8 Å². The number of anilines is 1. The number of imide groups is 1. The minimum atomic E-state index is -0.866. The lowest BCUT2D eigenvalue weighted by Crippen LogP contribution is -2.48. The van der Waals surface area contributed by atoms with Gasteiger partial charge in [-0.25, -0.2) is 0 Å². The summed E-state index contributed by atoms with van der Waals surface area (Å²) in [4.78, 5) is 40.2. The second-order valence-corrected chi connectivity index (χ2v) is 8.12. The molecule has 1 aromatic rings. The number of methoxy groups -OCH3 is 1. The molecule has 3 rings (SSSR count). The van der Waals surface area contributed by atoms with Gasteiger partial charge in [0, 0.05) is 5.02 Å². The maximum absolute atomic E-state index is 13.1. The number of allylic oxidation sites excluding steroid dienone is 2. The number of hydrogen-bond acceptors (Lipinski definition) is 4. The number of hydrogen-bond donors (Lipinski definition) is 1. The Morgan fingerprint density at radius 1 is 1.21 bits per heavy atom. The molecule has 3 atom stereocenters. The third kappa shape index (κ3) is 3.92. The fourth-order valence-corrected chi connectivity index (χ4v) is 4.08. The van der Waals surface area contributed by atoms with Gasteiger partial charge >= 0.3 is 0 Å². The van der Waals surface area contributed by atoms with Crippen molar-refractivity contribution in [1.82, 2.24) is 4.90 Å². The maximum atomic E-state index is 13.1. The standard InChI is InChI=1S/C21H25ClN2O4/c1-12(2)10-17(19(25)23-16-11-13(22)8-9-18(16)28-3)24-20(26)14-6-4-5-7-15(14)21(24)27/h4-5,8-9,11-12,14-15,17H,6-7,10H2,1-3H3,(H,23,25). The Bertz CT molecular complexity index is 795. The van der Waals surface area contributed by atoms with E-state index in [1.807, 2.05) is 26.0 Å². The zero-order chi connectivity index (χ0) is 20.4. The predicted molar refractivity (Wildman–Crippen MR) is 107 cm³/mol. The minimum Gasteiger partial charge on any atom is -0.495 e. The van der Waals surface area contributed by atoms with Gasteiger partial charge in [-0.2, -0.15) is 0 Å². The van der Waals surface area contributed by atoms with E-state index < -0.39 is 11.9 Å². The molecule has 7 heteroatoms. The van der Waals surface area contributed by atoms with Crippen molar-refractivity contribution in [3.05, 3.63) is 35.4 Å². The van der Waals surface area contributed by atoms with Gasteiger partial charge in [-0.15, -0.1) is 0 Å². The van der Waals surface area contributed by atoms with Crippen LogP contribution >= 0.6 is 11.6 Å². The molecular formula is C21H25ClN2O4. The lowest BCUT2D eigenvalue weighted by atomic mass is 9.85. The van der Waals surface area contributed by atoms with E-state index in [2.05, 4.69) is 5.32 Å². The van der Waals surface area contributed by atoms with E-state index in [0.29, 0.717) is 35.7 Å². The van der Waals surface area contributed by atoms with E-state index in [1.54, 1.807) is 18.2 Å². The first-order valence-corrected chi connectivity index (χ1v) is 9.87. The summed E-state index contributed by atoms with van der Waals surface area (Å²) in [5.74, 6) is -1.06. The van der Waals surface area contributed by atoms with Crippen LogP contribution in [0.25, 0.3) is 0 Å². The van der Waals surface area contributed by atoms with Gasteiger partial charge in [0.2, 0.25) is 17.7 Å². The third-order valence-electron chi connectivity index (χ3n) is 5.27. The van der Waals surface area contributed by atoms with Gasteiger partial charge in [-0.1, -0.05) is 37.6 Å². The van der Waals surface area contributed by atoms with Gasteiger partial charge in [-0.3, -0.25) is 19.3 Å². The highest BCUT2D eigenvalue weighted by Gasteiger charge is 2.51. The van der Waals surface area contributed by atoms with Crippen LogP contribution in [0.4, 0.5) is 5.69 Å². The summed E-state index contributed by atoms with van der Waals surface area (Å²) in [5, 5.41) is 3.24. The number of nitrogens with zero attached hydrogens (tertiary/aromatic N) is 1. The number of amides is 3. The number of carbonyl (C=O) groups excluding carboxylic acids is 3. The normalized spacial score (nSPS) is 22.4. The molecule has 0 radical (unpaired) electrons. The molecule has 3 unspecified atom stereocenters. The zero-order valence-electron chi connectivity index (χ0n) is 16.3. The van der Waals surface area contributed by atoms with Crippen LogP contribution in [0.5, 0.6) is 5.75 Å². The first-order chi connectivity index (χ1) is 13.3. The van der Waals surface area contributed by atoms with Crippen LogP contribution in [-0.2, 0) is 14.4 Å². The molecule has 3 amide bonds. The van der Waals surface area contributed by atoms with Crippen molar-refractivity contribution in [3.8, 4) is 5.75 Å². The van der Waals surface area contributed by atoms with E-state index in [9.17, 15) is 14.4 Å². The van der Waals surface area contributed by atoms with Gasteiger partial charge in [0.05, 0.1) is 24.6 Å². The number of likely N-dealkylation sites (tertiary alicyclic amines) is 1. The predicted octanol–water partition coefficient (Wildman–Crippen LogP) is 3.65. The van der Waals surface area contributed by atoms with E-state index in [4.69, 9.17) is 16.3 Å². The van der Waals surface area contributed by atoms with Crippen molar-refractivity contribution >= 4 is 35.0 Å². The number of fused-ring (bicyclic) bond motifs is 1. The topological polar surface area (TPSA) is 75.7 Å². The number of halogens is 1. The Labute approximate surface area is 169 Å². The molecule has 1 aromatic carbocycles. The Hall–Kier alpha value is -2.34. The molecule has 2 aliphatic rings. The summed E-state index contributed by atoms with van der Waals surface area (Å²) < 4.78 is 5.28. The van der Waals surface area contributed by atoms with Crippen molar-refractivity contribution < 1.29 is 19.1 Å². The third-order valence-corrected chi connectivity index (χ3v) is 5.51. The first-order valence-electron chi connectivity index (χ1n) is 9.49. The van der Waals surface area contributed by atoms with Gasteiger partial charge < -0.3 is 10.1 Å². The number of carbonyl (C=O) groups is 3. The molecule has 28 heavy (non-hydrogen) atoms. The smallest absolute Gasteiger partial charge is 0.247 e. The molecule has 1 fully saturated rings. The Morgan fingerprint density at radius 2 is 1.82 bits per heavy atom. The number of rotatable bonds is 6. The SMILES string of the molecule is COc1ccc(Cl)cc1NC(=O)C(CC(C)C)N1C(=O)C2CC=CCC2C1=O. The van der Waals surface area contributed by atoms with Crippen molar-refractivity contribution in [3.63, 3.8) is 0 Å². The molecule has 0 spiro atoms. The summed E-state index contributed by atoms with van der Waals surface area (Å²) in [6, 6.07) is 4.03. The Morgan fingerprint density at radius 3 is 2.36 bits per heavy atom. The number of benzene rings is 1. The average Bonchev–Trinajstić information content (AvgIpc) is 2.91. The lowest BCUT2D eigenvalue weighted by molar-refractivity contribution is -0.147. The zero-order valence-corrected chi connectivity index (χ0v) is 17.0. The van der Waals surface area contributed by atoms with Crippen LogP contribution in [0.2, 0.25) is 5.02 Å². The van der Waals surface area contributed by atoms with Crippen molar-refractivity contribution in [1.29, 1.82) is 0 Å². The molecule has 1 saturated heterocycles. The van der Waals surface area contributed by atoms with E-state index in [1.165, 1.54) is 12.0 Å². The molecule has 0 aromatic heterocycles. The second kappa shape index (κ2) is 8.35. The van der Waals surface area contributed by atoms with Crippen LogP contribution in [0.15, 0.2) is 30.4 Å². The quantitative estimate of drug-likeness (QED) is 0.580. The lowest BCUT2D eigenvalue weighted by Gasteiger charge is -2.27. The number of nitrogens with one attached hydrogen (secondary N) is 1. The van der Waals surface area contributed by atoms with Crippen LogP contribution in [0.1, 0.15) is 33.1 Å². The molecule has 1 heterocycles. The fraction of sp³-hybridized carbons (Fsp3) is 0.476. The highest BCUT2D eigenvalue weighted by Crippen LogP contribution is 2.37. The van der Waals surface area contributed by atoms with Crippen LogP contribution in [-0.4, -0.2) is 35.8 Å². The summed E-state index contributed by atoms with van der Waals surface area (Å²) in [6.45, 7) is 3.92. The number of ether oxygens (including phenoxy) is 1. The summed E-state index contributed by atoms with van der Waals surface area (Å²) in [5.41, 5.74) is 0.409. The minimum absolute atomic E-state index is 0.123. The highest BCUT2D eigenvalue weighted by atomic mass is 35.5. The molecule has 1 aliphatic carbocycles. The van der Waals surface area contributed by atoms with Crippen molar-refractivity contribution in [2.75, 3.05) is 12.4 Å². The molecular weight excluding hydrogens is 380 g/mol. The molecule has 1 N–H and O–H groups in total.